The quantitative estimate of drug-likeness (QED) is 0.0721. The molecule has 0 spiro atoms. The molecule has 25 nitrogen and oxygen atoms in total. The van der Waals surface area contributed by atoms with Gasteiger partial charge in [0.05, 0.1) is 85.3 Å². The molecule has 0 aliphatic heterocycles. The van der Waals surface area contributed by atoms with Crippen molar-refractivity contribution in [1.82, 2.24) is 39.3 Å². The molecule has 1 atom stereocenters. The zero-order valence-corrected chi connectivity index (χ0v) is 40.8. The van der Waals surface area contributed by atoms with E-state index in [-0.39, 0.29) is 55.3 Å². The van der Waals surface area contributed by atoms with Gasteiger partial charge in [0, 0.05) is 6.20 Å². The number of sulfone groups is 1. The van der Waals surface area contributed by atoms with Crippen LogP contribution in [0.15, 0.2) is 51.2 Å². The third kappa shape index (κ3) is 20.1. The smallest absolute Gasteiger partial charge is 0.355 e. The number of hydrogen-bond acceptors (Lipinski definition) is 18. The summed E-state index contributed by atoms with van der Waals surface area (Å²) in [5.74, 6) is -1.92. The maximum absolute atomic E-state index is 12.8. The molecule has 2 amide bonds. The third-order valence-electron chi connectivity index (χ3n) is 6.58. The lowest BCUT2D eigenvalue weighted by atomic mass is 10.3. The van der Waals surface area contributed by atoms with Crippen LogP contribution in [-0.2, 0) is 50.1 Å². The van der Waals surface area contributed by atoms with Gasteiger partial charge in [-0.2, -0.15) is 31.8 Å². The van der Waals surface area contributed by atoms with Crippen LogP contribution in [-0.4, -0.2) is 134 Å². The first kappa shape index (κ1) is 58.3. The topological polar surface area (TPSA) is 362 Å². The molecule has 3 aromatic heterocycles. The largest absolute Gasteiger partial charge is 0.778 e. The lowest BCUT2D eigenvalue weighted by molar-refractivity contribution is -0.193. The highest BCUT2D eigenvalue weighted by atomic mass is 35.5. The molecular formula is C31H43Cl2F2N10O15PS4. The van der Waals surface area contributed by atoms with Crippen LogP contribution in [0.2, 0.25) is 10.0 Å². The molecule has 0 saturated heterocycles. The number of benzene rings is 1. The van der Waals surface area contributed by atoms with Crippen LogP contribution in [0.1, 0.15) is 19.3 Å². The fourth-order valence-electron chi connectivity index (χ4n) is 4.08. The normalized spacial score (nSPS) is 12.2. The van der Waals surface area contributed by atoms with E-state index < -0.39 is 84.5 Å². The van der Waals surface area contributed by atoms with Gasteiger partial charge >= 0.3 is 24.2 Å². The predicted octanol–water partition coefficient (Wildman–Crippen LogP) is 1.27. The molecule has 364 valence electrons. The maximum Gasteiger partial charge on any atom is 0.355 e. The molecule has 0 aliphatic carbocycles. The molecule has 0 radical (unpaired) electrons. The Hall–Kier alpha value is -4.72. The number of rotatable bonds is 15. The molecule has 65 heavy (non-hydrogen) atoms. The number of carboxylic acid groups (broad SMARTS) is 1. The fraction of sp³-hybridized carbons (Fsp3) is 0.387. The number of aromatic nitrogens is 6. The van der Waals surface area contributed by atoms with Crippen molar-refractivity contribution in [3.63, 3.8) is 0 Å². The highest BCUT2D eigenvalue weighted by molar-refractivity contribution is 7.94. The number of carboxylic acids is 1. The van der Waals surface area contributed by atoms with Crippen molar-refractivity contribution in [3.8, 4) is 17.4 Å². The highest BCUT2D eigenvalue weighted by Crippen LogP contribution is 2.32. The summed E-state index contributed by atoms with van der Waals surface area (Å²) >= 11 is 11.8. The molecular weight excluding hydrogens is 1020 g/mol. The van der Waals surface area contributed by atoms with Gasteiger partial charge in [-0.05, 0) is 42.1 Å². The molecule has 0 fully saturated rings. The number of nitrogens with one attached hydrogen (secondary N) is 4. The monoisotopic (exact) mass is 1060 g/mol. The van der Waals surface area contributed by atoms with Crippen LogP contribution in [0.4, 0.5) is 25.2 Å². The van der Waals surface area contributed by atoms with Crippen LogP contribution in [0.25, 0.3) is 5.69 Å². The SMILES string of the molecule is CCS(=O)(=O)c1cccnc1S(=O)(=O)NC(=O)Nc1nc(OC)cc(OC)n1.C[S+](C)C.Cc1nn(-c2cc(NS(C)(=O)=O)c(Cl)cc2Cl)c(=O)n1C(F)F.O=C(O)CNCP(=O)([O-])O. The number of anilines is 2. The molecule has 0 saturated carbocycles. The number of carbonyl (C=O) groups excluding carboxylic acids is 1. The molecule has 4 rings (SSSR count). The van der Waals surface area contributed by atoms with Crippen molar-refractivity contribution in [3.05, 3.63) is 62.9 Å². The Labute approximate surface area is 383 Å². The summed E-state index contributed by atoms with van der Waals surface area (Å²) < 4.78 is 122. The number of hydrogen-bond donors (Lipinski definition) is 6. The average Bonchev–Trinajstić information content (AvgIpc) is 3.47. The number of alkyl halides is 2. The Bertz CT molecular complexity index is 2720. The number of sulfonamides is 2. The van der Waals surface area contributed by atoms with Gasteiger partial charge in [0.25, 0.3) is 10.0 Å². The number of aliphatic carboxylic acids is 1. The van der Waals surface area contributed by atoms with Gasteiger partial charge < -0.3 is 28.9 Å². The number of methoxy groups -OCH3 is 2. The summed E-state index contributed by atoms with van der Waals surface area (Å²) in [6.07, 6.45) is 7.87. The number of carbonyl (C=O) groups is 2. The molecule has 34 heteroatoms. The molecule has 3 heterocycles. The van der Waals surface area contributed by atoms with Crippen molar-refractivity contribution in [2.45, 2.75) is 30.3 Å². The molecule has 6 N–H and O–H groups in total. The van der Waals surface area contributed by atoms with E-state index >= 15 is 0 Å². The van der Waals surface area contributed by atoms with E-state index in [9.17, 15) is 57.9 Å². The molecule has 0 bridgehead atoms. The molecule has 0 aliphatic rings. The zero-order chi connectivity index (χ0) is 50.2. The van der Waals surface area contributed by atoms with Gasteiger partial charge in [-0.15, -0.1) is 5.10 Å². The second kappa shape index (κ2) is 25.3. The second-order valence-electron chi connectivity index (χ2n) is 12.4. The first-order valence-corrected chi connectivity index (χ1v) is 27.1. The van der Waals surface area contributed by atoms with E-state index in [1.54, 1.807) is 4.72 Å². The number of urea groups is 1. The van der Waals surface area contributed by atoms with Crippen LogP contribution in [0.3, 0.4) is 0 Å². The third-order valence-corrected chi connectivity index (χ3v) is 11.6. The number of pyridine rings is 1. The van der Waals surface area contributed by atoms with Crippen molar-refractivity contribution in [2.75, 3.05) is 67.9 Å². The lowest BCUT2D eigenvalue weighted by Crippen LogP contribution is -2.36. The van der Waals surface area contributed by atoms with E-state index in [0.717, 1.165) is 24.6 Å². The summed E-state index contributed by atoms with van der Waals surface area (Å²) in [7, 11) is -13.2. The molecule has 1 aromatic carbocycles. The summed E-state index contributed by atoms with van der Waals surface area (Å²) in [6, 6.07) is 4.78. The minimum atomic E-state index is -4.61. The van der Waals surface area contributed by atoms with Gasteiger partial charge in [0.1, 0.15) is 18.3 Å². The molecule has 4 aromatic rings. The van der Waals surface area contributed by atoms with E-state index in [4.69, 9.17) is 42.7 Å². The number of nitrogens with zero attached hydrogens (tertiary/aromatic N) is 6. The van der Waals surface area contributed by atoms with Crippen molar-refractivity contribution in [1.29, 1.82) is 0 Å². The number of amides is 2. The average molecular weight is 1060 g/mol. The van der Waals surface area contributed by atoms with Crippen LogP contribution < -0.4 is 40.1 Å². The van der Waals surface area contributed by atoms with E-state index in [2.05, 4.69) is 48.9 Å². The van der Waals surface area contributed by atoms with E-state index in [1.165, 1.54) is 46.3 Å². The van der Waals surface area contributed by atoms with Crippen LogP contribution >= 0.6 is 30.8 Å². The van der Waals surface area contributed by atoms with Gasteiger partial charge in [-0.25, -0.2) is 40.7 Å². The van der Waals surface area contributed by atoms with Gasteiger partial charge in [-0.1, -0.05) is 30.1 Å². The number of ether oxygens (including phenoxy) is 2. The van der Waals surface area contributed by atoms with Crippen molar-refractivity contribution >= 4 is 95.2 Å². The Morgan fingerprint density at radius 3 is 2.02 bits per heavy atom. The van der Waals surface area contributed by atoms with Crippen LogP contribution in [0.5, 0.6) is 11.8 Å². The Morgan fingerprint density at radius 1 is 1.02 bits per heavy atom. The molecule has 1 unspecified atom stereocenters. The minimum Gasteiger partial charge on any atom is -0.778 e. The standard InChI is InChI=1S/C14H17N5O7S2.C11H10Cl2F2N4O3S.C3H8NO5P.C3H9S/c1-4-27(21,22)9-6-5-7-15-12(9)28(23,24)19-14(20)18-13-16-10(25-2)8-11(17-13)26-3;1-5-16-19(11(20)18(5)10(14)15)9-4-8(17-23(2,21)22)6(12)3-7(9)13;5-3(6)1-4-2-10(7,8)9;1-4(2)3/h5-8H,4H2,1-3H3,(H2,16,17,18,19,20);3-4,10,17H,1-2H3;4H,1-2H2,(H,5,6)(H2,7,8,9);1-3H3/q;;;+1/p-1. The summed E-state index contributed by atoms with van der Waals surface area (Å²) in [4.78, 5) is 62.6. The Kier molecular flexibility index (Phi) is 22.7. The minimum absolute atomic E-state index is 0.0257. The fourth-order valence-corrected chi connectivity index (χ4v) is 8.16. The zero-order valence-electron chi connectivity index (χ0n) is 35.1. The van der Waals surface area contributed by atoms with Gasteiger partial charge in [0.15, 0.2) is 14.9 Å². The maximum atomic E-state index is 12.8. The first-order chi connectivity index (χ1) is 29.8. The highest BCUT2D eigenvalue weighted by Gasteiger charge is 2.29. The predicted molar refractivity (Wildman–Crippen MR) is 234 cm³/mol. The van der Waals surface area contributed by atoms with Crippen LogP contribution in [0, 0.1) is 6.92 Å². The van der Waals surface area contributed by atoms with Gasteiger partial charge in [0.2, 0.25) is 27.7 Å². The van der Waals surface area contributed by atoms with E-state index in [0.29, 0.717) is 15.6 Å². The summed E-state index contributed by atoms with van der Waals surface area (Å²) in [5, 5.41) is 14.9. The van der Waals surface area contributed by atoms with Crippen molar-refractivity contribution < 1.29 is 72.6 Å². The van der Waals surface area contributed by atoms with E-state index in [1.807, 2.05) is 5.32 Å². The Balaban J connectivity index is 0.000000510. The lowest BCUT2D eigenvalue weighted by Gasteiger charge is -2.14. The first-order valence-electron chi connectivity index (χ1n) is 17.2. The summed E-state index contributed by atoms with van der Waals surface area (Å²) in [5.41, 5.74) is -1.27. The number of halogens is 4. The van der Waals surface area contributed by atoms with Crippen molar-refractivity contribution in [2.24, 2.45) is 0 Å². The Morgan fingerprint density at radius 2 is 1.57 bits per heavy atom. The second-order valence-corrected chi connectivity index (χ2v) is 22.9. The summed E-state index contributed by atoms with van der Waals surface area (Å²) in [6.45, 7) is -0.973. The number of aryl methyl sites for hydroxylation is 1. The van der Waals surface area contributed by atoms with Gasteiger partial charge in [-0.3, -0.25) is 20.2 Å².